The van der Waals surface area contributed by atoms with Gasteiger partial charge in [-0.25, -0.2) is 13.8 Å². The molecule has 1 aromatic carbocycles. The van der Waals surface area contributed by atoms with Crippen LogP contribution in [0.4, 0.5) is 4.39 Å². The standard InChI is InChI=1S/C12H10ClFN2O3/c1-2-7-10(17)15-12(19)16(11(7)18)9-4-3-6(14)5-8(9)13/h3-5,18H,2H2,1H3,(H,15,17,19). The fourth-order valence-electron chi connectivity index (χ4n) is 1.77. The maximum absolute atomic E-state index is 13.0. The lowest BCUT2D eigenvalue weighted by atomic mass is 10.2. The molecule has 7 heteroatoms. The van der Waals surface area contributed by atoms with E-state index in [9.17, 15) is 19.1 Å². The minimum atomic E-state index is -0.840. The number of aromatic hydroxyl groups is 1. The van der Waals surface area contributed by atoms with Crippen LogP contribution in [-0.2, 0) is 6.42 Å². The van der Waals surface area contributed by atoms with Crippen LogP contribution in [0.2, 0.25) is 5.02 Å². The summed E-state index contributed by atoms with van der Waals surface area (Å²) in [5, 5.41) is 9.94. The van der Waals surface area contributed by atoms with Gasteiger partial charge in [0.2, 0.25) is 5.88 Å². The van der Waals surface area contributed by atoms with Crippen molar-refractivity contribution >= 4 is 11.6 Å². The number of nitrogens with one attached hydrogen (secondary N) is 1. The first-order chi connectivity index (χ1) is 8.95. The van der Waals surface area contributed by atoms with Gasteiger partial charge in [0, 0.05) is 0 Å². The number of H-pyrrole nitrogens is 1. The summed E-state index contributed by atoms with van der Waals surface area (Å²) in [4.78, 5) is 25.3. The third-order valence-corrected chi connectivity index (χ3v) is 2.99. The van der Waals surface area contributed by atoms with Gasteiger partial charge in [0.15, 0.2) is 0 Å². The second-order valence-electron chi connectivity index (χ2n) is 3.85. The van der Waals surface area contributed by atoms with Gasteiger partial charge in [-0.2, -0.15) is 0 Å². The van der Waals surface area contributed by atoms with Gasteiger partial charge in [-0.15, -0.1) is 0 Å². The van der Waals surface area contributed by atoms with Crippen LogP contribution < -0.4 is 11.2 Å². The third-order valence-electron chi connectivity index (χ3n) is 2.68. The van der Waals surface area contributed by atoms with E-state index in [-0.39, 0.29) is 22.7 Å². The Hall–Kier alpha value is -2.08. The van der Waals surface area contributed by atoms with E-state index in [1.165, 1.54) is 6.07 Å². The van der Waals surface area contributed by atoms with Crippen molar-refractivity contribution in [3.05, 3.63) is 55.4 Å². The highest BCUT2D eigenvalue weighted by Gasteiger charge is 2.16. The van der Waals surface area contributed by atoms with Crippen molar-refractivity contribution in [1.82, 2.24) is 9.55 Å². The molecule has 0 saturated heterocycles. The first-order valence-corrected chi connectivity index (χ1v) is 5.86. The number of benzene rings is 1. The van der Waals surface area contributed by atoms with E-state index in [1.807, 2.05) is 0 Å². The molecule has 0 atom stereocenters. The fourth-order valence-corrected chi connectivity index (χ4v) is 2.02. The maximum atomic E-state index is 13.0. The van der Waals surface area contributed by atoms with Gasteiger partial charge in [-0.3, -0.25) is 9.78 Å². The molecule has 0 bridgehead atoms. The molecule has 2 aromatic rings. The molecule has 0 amide bonds. The van der Waals surface area contributed by atoms with Crippen LogP contribution in [0.25, 0.3) is 5.69 Å². The average Bonchev–Trinajstić information content (AvgIpc) is 2.31. The van der Waals surface area contributed by atoms with Crippen molar-refractivity contribution in [3.63, 3.8) is 0 Å². The minimum absolute atomic E-state index is 0.0495. The molecule has 0 aliphatic carbocycles. The first-order valence-electron chi connectivity index (χ1n) is 5.48. The van der Waals surface area contributed by atoms with Crippen LogP contribution in [-0.4, -0.2) is 14.7 Å². The summed E-state index contributed by atoms with van der Waals surface area (Å²) in [5.41, 5.74) is -1.34. The predicted molar refractivity (Wildman–Crippen MR) is 68.7 cm³/mol. The van der Waals surface area contributed by atoms with E-state index < -0.39 is 22.9 Å². The number of hydrogen-bond donors (Lipinski definition) is 2. The molecular weight excluding hydrogens is 275 g/mol. The van der Waals surface area contributed by atoms with E-state index in [0.29, 0.717) is 0 Å². The molecule has 0 aliphatic heterocycles. The number of aromatic amines is 1. The normalized spacial score (nSPS) is 10.7. The van der Waals surface area contributed by atoms with E-state index in [0.717, 1.165) is 16.7 Å². The molecule has 1 aromatic heterocycles. The molecule has 19 heavy (non-hydrogen) atoms. The highest BCUT2D eigenvalue weighted by Crippen LogP contribution is 2.24. The Morgan fingerprint density at radius 2 is 2.11 bits per heavy atom. The lowest BCUT2D eigenvalue weighted by molar-refractivity contribution is 0.423. The maximum Gasteiger partial charge on any atom is 0.335 e. The van der Waals surface area contributed by atoms with Gasteiger partial charge in [-0.05, 0) is 24.6 Å². The Balaban J connectivity index is 2.83. The van der Waals surface area contributed by atoms with E-state index in [4.69, 9.17) is 11.6 Å². The molecule has 2 N–H and O–H groups in total. The zero-order valence-corrected chi connectivity index (χ0v) is 10.7. The fraction of sp³-hybridized carbons (Fsp3) is 0.167. The number of nitrogens with zero attached hydrogens (tertiary/aromatic N) is 1. The summed E-state index contributed by atoms with van der Waals surface area (Å²) in [6, 6.07) is 3.36. The number of rotatable bonds is 2. The summed E-state index contributed by atoms with van der Waals surface area (Å²) < 4.78 is 13.8. The van der Waals surface area contributed by atoms with Crippen LogP contribution >= 0.6 is 11.6 Å². The van der Waals surface area contributed by atoms with Crippen LogP contribution in [0.5, 0.6) is 5.88 Å². The molecule has 0 unspecified atom stereocenters. The monoisotopic (exact) mass is 284 g/mol. The Morgan fingerprint density at radius 3 is 2.68 bits per heavy atom. The average molecular weight is 285 g/mol. The van der Waals surface area contributed by atoms with E-state index in [2.05, 4.69) is 4.98 Å². The predicted octanol–water partition coefficient (Wildman–Crippen LogP) is 1.59. The van der Waals surface area contributed by atoms with Gasteiger partial charge in [0.25, 0.3) is 5.56 Å². The van der Waals surface area contributed by atoms with Crippen LogP contribution in [0.15, 0.2) is 27.8 Å². The molecule has 1 heterocycles. The topological polar surface area (TPSA) is 75.1 Å². The lowest BCUT2D eigenvalue weighted by Crippen LogP contribution is -2.31. The number of halogens is 2. The van der Waals surface area contributed by atoms with Crippen molar-refractivity contribution in [2.75, 3.05) is 0 Å². The zero-order chi connectivity index (χ0) is 14.2. The Morgan fingerprint density at radius 1 is 1.42 bits per heavy atom. The molecule has 0 aliphatic rings. The van der Waals surface area contributed by atoms with Crippen molar-refractivity contribution < 1.29 is 9.50 Å². The summed E-state index contributed by atoms with van der Waals surface area (Å²) in [6.07, 6.45) is 0.236. The second-order valence-corrected chi connectivity index (χ2v) is 4.25. The highest BCUT2D eigenvalue weighted by molar-refractivity contribution is 6.32. The molecular formula is C12H10ClFN2O3. The largest absolute Gasteiger partial charge is 0.494 e. The van der Waals surface area contributed by atoms with Gasteiger partial charge < -0.3 is 5.11 Å². The van der Waals surface area contributed by atoms with Crippen molar-refractivity contribution in [3.8, 4) is 11.6 Å². The first kappa shape index (κ1) is 13.4. The second kappa shape index (κ2) is 4.89. The van der Waals surface area contributed by atoms with Crippen molar-refractivity contribution in [2.45, 2.75) is 13.3 Å². The lowest BCUT2D eigenvalue weighted by Gasteiger charge is -2.11. The summed E-state index contributed by atoms with van der Waals surface area (Å²) >= 11 is 5.84. The van der Waals surface area contributed by atoms with Crippen LogP contribution in [0.3, 0.4) is 0 Å². The summed E-state index contributed by atoms with van der Waals surface area (Å²) in [7, 11) is 0. The van der Waals surface area contributed by atoms with Gasteiger partial charge in [0.05, 0.1) is 16.3 Å². The molecule has 0 spiro atoms. The van der Waals surface area contributed by atoms with Gasteiger partial charge in [-0.1, -0.05) is 18.5 Å². The molecule has 0 saturated carbocycles. The molecule has 2 rings (SSSR count). The van der Waals surface area contributed by atoms with E-state index >= 15 is 0 Å². The van der Waals surface area contributed by atoms with Gasteiger partial charge in [0.1, 0.15) is 5.82 Å². The van der Waals surface area contributed by atoms with E-state index in [1.54, 1.807) is 6.92 Å². The summed E-state index contributed by atoms with van der Waals surface area (Å²) in [6.45, 7) is 1.66. The zero-order valence-electron chi connectivity index (χ0n) is 9.91. The SMILES string of the molecule is CCc1c(O)n(-c2ccc(F)cc2Cl)c(=O)[nH]c1=O. The Kier molecular flexibility index (Phi) is 3.44. The minimum Gasteiger partial charge on any atom is -0.494 e. The van der Waals surface area contributed by atoms with Crippen LogP contribution in [0.1, 0.15) is 12.5 Å². The smallest absolute Gasteiger partial charge is 0.335 e. The Bertz CT molecular complexity index is 752. The van der Waals surface area contributed by atoms with Crippen molar-refractivity contribution in [2.24, 2.45) is 0 Å². The third kappa shape index (κ3) is 2.26. The summed E-state index contributed by atoms with van der Waals surface area (Å²) in [5.74, 6) is -1.06. The molecule has 0 fully saturated rings. The number of hydrogen-bond acceptors (Lipinski definition) is 3. The highest BCUT2D eigenvalue weighted by atomic mass is 35.5. The van der Waals surface area contributed by atoms with Gasteiger partial charge >= 0.3 is 5.69 Å². The quantitative estimate of drug-likeness (QED) is 0.879. The molecule has 0 radical (unpaired) electrons. The van der Waals surface area contributed by atoms with Crippen molar-refractivity contribution in [1.29, 1.82) is 0 Å². The van der Waals surface area contributed by atoms with Crippen LogP contribution in [0, 0.1) is 5.82 Å². The molecule has 5 nitrogen and oxygen atoms in total. The Labute approximate surface area is 111 Å². The number of aromatic nitrogens is 2. The molecule has 100 valence electrons.